The monoisotopic (exact) mass is 424 g/mol. The van der Waals surface area contributed by atoms with E-state index < -0.39 is 17.7 Å². The average molecular weight is 425 g/mol. The van der Waals surface area contributed by atoms with Crippen molar-refractivity contribution in [1.29, 1.82) is 0 Å². The SMILES string of the molecule is CC[NH+](CC)CCCN1C(=O)C(=O)C(=C(O)c2cccc(OC)c2)[C@@H]1c1cccnc1. The van der Waals surface area contributed by atoms with Gasteiger partial charge < -0.3 is 19.6 Å². The van der Waals surface area contributed by atoms with Crippen LogP contribution < -0.4 is 9.64 Å². The third kappa shape index (κ3) is 4.77. The van der Waals surface area contributed by atoms with E-state index in [1.807, 2.05) is 6.07 Å². The minimum Gasteiger partial charge on any atom is -0.507 e. The highest BCUT2D eigenvalue weighted by molar-refractivity contribution is 6.46. The normalized spacial score (nSPS) is 18.1. The lowest BCUT2D eigenvalue weighted by atomic mass is 9.96. The molecule has 1 aliphatic heterocycles. The number of benzene rings is 1. The van der Waals surface area contributed by atoms with Gasteiger partial charge in [-0.3, -0.25) is 14.6 Å². The smallest absolute Gasteiger partial charge is 0.295 e. The zero-order valence-corrected chi connectivity index (χ0v) is 18.3. The molecule has 1 aromatic heterocycles. The Labute approximate surface area is 183 Å². The number of carbonyl (C=O) groups excluding carboxylic acids is 2. The van der Waals surface area contributed by atoms with E-state index in [2.05, 4.69) is 18.8 Å². The van der Waals surface area contributed by atoms with Gasteiger partial charge in [-0.1, -0.05) is 18.2 Å². The Hall–Kier alpha value is -3.19. The van der Waals surface area contributed by atoms with Crippen molar-refractivity contribution in [3.05, 3.63) is 65.5 Å². The standard InChI is InChI=1S/C24H29N3O4/c1-4-26(5-2)13-8-14-27-21(18-10-7-12-25-16-18)20(23(29)24(27)30)22(28)17-9-6-11-19(15-17)31-3/h6-7,9-12,15-16,21,28H,4-5,8,13-14H2,1-3H3/p+1/t21-/m0/s1. The number of nitrogens with zero attached hydrogens (tertiary/aromatic N) is 2. The van der Waals surface area contributed by atoms with Gasteiger partial charge in [0.1, 0.15) is 11.5 Å². The topological polar surface area (TPSA) is 84.2 Å². The highest BCUT2D eigenvalue weighted by atomic mass is 16.5. The average Bonchev–Trinajstić information content (AvgIpc) is 3.07. The van der Waals surface area contributed by atoms with Gasteiger partial charge >= 0.3 is 0 Å². The summed E-state index contributed by atoms with van der Waals surface area (Å²) in [6.07, 6.45) is 4.04. The molecule has 2 aromatic rings. The maximum Gasteiger partial charge on any atom is 0.295 e. The molecule has 1 aliphatic rings. The van der Waals surface area contributed by atoms with Crippen LogP contribution >= 0.6 is 0 Å². The predicted molar refractivity (Wildman–Crippen MR) is 118 cm³/mol. The van der Waals surface area contributed by atoms with E-state index in [4.69, 9.17) is 4.74 Å². The summed E-state index contributed by atoms with van der Waals surface area (Å²) in [5, 5.41) is 11.1. The third-order valence-electron chi connectivity index (χ3n) is 5.81. The molecule has 0 bridgehead atoms. The number of amides is 1. The van der Waals surface area contributed by atoms with Gasteiger partial charge in [0.2, 0.25) is 0 Å². The molecule has 2 N–H and O–H groups in total. The fourth-order valence-electron chi connectivity index (χ4n) is 4.02. The number of hydrogen-bond donors (Lipinski definition) is 2. The van der Waals surface area contributed by atoms with Crippen LogP contribution in [-0.4, -0.2) is 60.0 Å². The lowest BCUT2D eigenvalue weighted by Crippen LogP contribution is -3.11. The van der Waals surface area contributed by atoms with Crippen molar-refractivity contribution in [2.45, 2.75) is 26.3 Å². The second kappa shape index (κ2) is 10.2. The molecule has 31 heavy (non-hydrogen) atoms. The number of aromatic nitrogens is 1. The summed E-state index contributed by atoms with van der Waals surface area (Å²) in [6.45, 7) is 7.63. The minimum atomic E-state index is -0.677. The van der Waals surface area contributed by atoms with Gasteiger partial charge in [-0.25, -0.2) is 0 Å². The van der Waals surface area contributed by atoms with E-state index in [-0.39, 0.29) is 11.3 Å². The van der Waals surface area contributed by atoms with Gasteiger partial charge in [-0.05, 0) is 37.6 Å². The second-order valence-corrected chi connectivity index (χ2v) is 7.57. The number of carbonyl (C=O) groups is 2. The molecule has 0 spiro atoms. The van der Waals surface area contributed by atoms with Crippen molar-refractivity contribution in [2.75, 3.05) is 33.3 Å². The molecule has 0 unspecified atom stereocenters. The molecule has 0 saturated carbocycles. The van der Waals surface area contributed by atoms with Gasteiger partial charge in [-0.2, -0.15) is 0 Å². The van der Waals surface area contributed by atoms with Crippen LogP contribution in [0.2, 0.25) is 0 Å². The Bertz CT molecular complexity index is 954. The summed E-state index contributed by atoms with van der Waals surface area (Å²) >= 11 is 0. The maximum absolute atomic E-state index is 13.0. The quantitative estimate of drug-likeness (QED) is 0.365. The van der Waals surface area contributed by atoms with Crippen molar-refractivity contribution >= 4 is 17.4 Å². The zero-order chi connectivity index (χ0) is 22.4. The van der Waals surface area contributed by atoms with Crippen LogP contribution in [0.25, 0.3) is 5.76 Å². The van der Waals surface area contributed by atoms with Crippen molar-refractivity contribution in [3.8, 4) is 5.75 Å². The van der Waals surface area contributed by atoms with Crippen molar-refractivity contribution < 1.29 is 24.3 Å². The van der Waals surface area contributed by atoms with Gasteiger partial charge in [0.25, 0.3) is 11.7 Å². The summed E-state index contributed by atoms with van der Waals surface area (Å²) in [5.74, 6) is -0.918. The van der Waals surface area contributed by atoms with Crippen LogP contribution in [0.5, 0.6) is 5.75 Å². The molecule has 3 rings (SSSR count). The molecule has 2 heterocycles. The van der Waals surface area contributed by atoms with E-state index in [1.165, 1.54) is 12.0 Å². The number of aliphatic hydroxyl groups is 1. The minimum absolute atomic E-state index is 0.0847. The van der Waals surface area contributed by atoms with Crippen molar-refractivity contribution in [3.63, 3.8) is 0 Å². The zero-order valence-electron chi connectivity index (χ0n) is 18.3. The number of quaternary nitrogens is 1. The number of pyridine rings is 1. The fraction of sp³-hybridized carbons (Fsp3) is 0.375. The van der Waals surface area contributed by atoms with Crippen LogP contribution in [0.4, 0.5) is 0 Å². The number of hydrogen-bond acceptors (Lipinski definition) is 5. The van der Waals surface area contributed by atoms with Gasteiger partial charge in [0.15, 0.2) is 0 Å². The van der Waals surface area contributed by atoms with E-state index in [1.54, 1.807) is 47.6 Å². The second-order valence-electron chi connectivity index (χ2n) is 7.57. The van der Waals surface area contributed by atoms with Crippen LogP contribution in [0.3, 0.4) is 0 Å². The number of likely N-dealkylation sites (tertiary alicyclic amines) is 1. The number of ketones is 1. The molecular weight excluding hydrogens is 394 g/mol. The first kappa shape index (κ1) is 22.5. The van der Waals surface area contributed by atoms with E-state index in [0.29, 0.717) is 23.4 Å². The number of Topliss-reactive ketones (excluding diaryl/α,β-unsaturated/α-hetero) is 1. The number of aliphatic hydroxyl groups excluding tert-OH is 1. The molecule has 1 saturated heterocycles. The van der Waals surface area contributed by atoms with Crippen LogP contribution in [0.15, 0.2) is 54.4 Å². The summed E-state index contributed by atoms with van der Waals surface area (Å²) in [5.41, 5.74) is 1.21. The molecule has 0 aliphatic carbocycles. The Morgan fingerprint density at radius 1 is 1.19 bits per heavy atom. The Morgan fingerprint density at radius 3 is 2.61 bits per heavy atom. The molecule has 0 radical (unpaired) electrons. The lowest BCUT2D eigenvalue weighted by Gasteiger charge is -2.25. The first-order valence-electron chi connectivity index (χ1n) is 10.7. The number of rotatable bonds is 9. The van der Waals surface area contributed by atoms with Gasteiger partial charge in [0, 0.05) is 30.9 Å². The van der Waals surface area contributed by atoms with Crippen molar-refractivity contribution in [2.24, 2.45) is 0 Å². The first-order valence-corrected chi connectivity index (χ1v) is 10.7. The predicted octanol–water partition coefficient (Wildman–Crippen LogP) is 1.83. The van der Waals surface area contributed by atoms with Crippen LogP contribution in [0.1, 0.15) is 37.4 Å². The van der Waals surface area contributed by atoms with Crippen LogP contribution in [-0.2, 0) is 9.59 Å². The van der Waals surface area contributed by atoms with E-state index >= 15 is 0 Å². The summed E-state index contributed by atoms with van der Waals surface area (Å²) in [4.78, 5) is 33.1. The molecule has 1 aromatic carbocycles. The molecule has 1 fully saturated rings. The first-order chi connectivity index (χ1) is 15.0. The highest BCUT2D eigenvalue weighted by Crippen LogP contribution is 2.39. The Balaban J connectivity index is 2.01. The Morgan fingerprint density at radius 2 is 1.97 bits per heavy atom. The highest BCUT2D eigenvalue weighted by Gasteiger charge is 2.46. The van der Waals surface area contributed by atoms with Gasteiger partial charge in [-0.15, -0.1) is 0 Å². The molecule has 7 nitrogen and oxygen atoms in total. The molecule has 1 atom stereocenters. The lowest BCUT2D eigenvalue weighted by molar-refractivity contribution is -0.896. The third-order valence-corrected chi connectivity index (χ3v) is 5.81. The van der Waals surface area contributed by atoms with Crippen LogP contribution in [0, 0.1) is 0 Å². The van der Waals surface area contributed by atoms with E-state index in [9.17, 15) is 14.7 Å². The number of ether oxygens (including phenoxy) is 1. The maximum atomic E-state index is 13.0. The van der Waals surface area contributed by atoms with Crippen molar-refractivity contribution in [1.82, 2.24) is 9.88 Å². The van der Waals surface area contributed by atoms with Gasteiger partial charge in [0.05, 0.1) is 38.4 Å². The number of nitrogens with one attached hydrogen (secondary N) is 1. The molecular formula is C24H30N3O4+. The molecule has 1 amide bonds. The largest absolute Gasteiger partial charge is 0.507 e. The summed E-state index contributed by atoms with van der Waals surface area (Å²) in [6, 6.07) is 9.74. The summed E-state index contributed by atoms with van der Waals surface area (Å²) in [7, 11) is 1.53. The Kier molecular flexibility index (Phi) is 7.41. The molecule has 7 heteroatoms. The fourth-order valence-corrected chi connectivity index (χ4v) is 4.02. The number of methoxy groups -OCH3 is 1. The van der Waals surface area contributed by atoms with E-state index in [0.717, 1.165) is 26.1 Å². The summed E-state index contributed by atoms with van der Waals surface area (Å²) < 4.78 is 5.24. The molecule has 164 valence electrons.